The average Bonchev–Trinajstić information content (AvgIpc) is 2.50. The molecule has 3 aliphatic rings. The van der Waals surface area contributed by atoms with Crippen molar-refractivity contribution in [2.24, 2.45) is 17.3 Å². The zero-order valence-electron chi connectivity index (χ0n) is 10.8. The van der Waals surface area contributed by atoms with Crippen LogP contribution in [0.25, 0.3) is 0 Å². The summed E-state index contributed by atoms with van der Waals surface area (Å²) in [4.78, 5) is 11.6. The molecule has 0 aromatic carbocycles. The van der Waals surface area contributed by atoms with Gasteiger partial charge in [-0.05, 0) is 37.0 Å². The maximum Gasteiger partial charge on any atom is 0.334 e. The Morgan fingerprint density at radius 1 is 1.39 bits per heavy atom. The van der Waals surface area contributed by atoms with Gasteiger partial charge in [-0.25, -0.2) is 4.79 Å². The Hall–Kier alpha value is -1.09. The third kappa shape index (κ3) is 1.57. The van der Waals surface area contributed by atoms with Gasteiger partial charge < -0.3 is 9.84 Å². The van der Waals surface area contributed by atoms with Gasteiger partial charge in [0.15, 0.2) is 0 Å². The number of carbonyl (C=O) groups excluding carboxylic acids is 1. The number of ether oxygens (including phenoxy) is 1. The normalized spacial score (nSPS) is 47.6. The van der Waals surface area contributed by atoms with Crippen molar-refractivity contribution >= 4 is 5.97 Å². The maximum atomic E-state index is 11.6. The third-order valence-corrected chi connectivity index (χ3v) is 5.11. The van der Waals surface area contributed by atoms with Crippen molar-refractivity contribution in [2.45, 2.75) is 44.8 Å². The minimum Gasteiger partial charge on any atom is -0.458 e. The van der Waals surface area contributed by atoms with E-state index >= 15 is 0 Å². The van der Waals surface area contributed by atoms with E-state index in [4.69, 9.17) is 4.74 Å². The van der Waals surface area contributed by atoms with Gasteiger partial charge in [-0.3, -0.25) is 0 Å². The van der Waals surface area contributed by atoms with Crippen molar-refractivity contribution in [3.63, 3.8) is 0 Å². The van der Waals surface area contributed by atoms with E-state index in [9.17, 15) is 9.90 Å². The van der Waals surface area contributed by atoms with Gasteiger partial charge in [0.1, 0.15) is 6.10 Å². The first kappa shape index (κ1) is 12.0. The van der Waals surface area contributed by atoms with Crippen LogP contribution in [0.4, 0.5) is 0 Å². The van der Waals surface area contributed by atoms with Crippen LogP contribution in [0.15, 0.2) is 24.3 Å². The molecule has 0 aromatic heterocycles. The Labute approximate surface area is 108 Å². The minimum atomic E-state index is -0.296. The van der Waals surface area contributed by atoms with Gasteiger partial charge >= 0.3 is 5.97 Å². The second kappa shape index (κ2) is 3.70. The number of hydrogen-bond donors (Lipinski definition) is 1. The molecule has 1 N–H and O–H groups in total. The molecule has 3 heteroatoms. The molecular weight excluding hydrogens is 228 g/mol. The summed E-state index contributed by atoms with van der Waals surface area (Å²) in [6.45, 7) is 10.2. The summed E-state index contributed by atoms with van der Waals surface area (Å²) >= 11 is 0. The highest BCUT2D eigenvalue weighted by molar-refractivity contribution is 5.90. The molecule has 3 nitrogen and oxygen atoms in total. The fourth-order valence-electron chi connectivity index (χ4n) is 4.23. The van der Waals surface area contributed by atoms with Crippen molar-refractivity contribution in [1.82, 2.24) is 0 Å². The van der Waals surface area contributed by atoms with E-state index in [1.807, 2.05) is 0 Å². The first-order valence-corrected chi connectivity index (χ1v) is 6.66. The zero-order chi connectivity index (χ0) is 13.1. The summed E-state index contributed by atoms with van der Waals surface area (Å²) in [6, 6.07) is 0. The molecule has 2 aliphatic carbocycles. The number of rotatable bonds is 0. The summed E-state index contributed by atoms with van der Waals surface area (Å²) < 4.78 is 5.41. The molecule has 0 amide bonds. The van der Waals surface area contributed by atoms with E-state index in [1.54, 1.807) is 0 Å². The Morgan fingerprint density at radius 2 is 2.11 bits per heavy atom. The van der Waals surface area contributed by atoms with E-state index in [0.29, 0.717) is 17.9 Å². The molecule has 0 spiro atoms. The first-order valence-electron chi connectivity index (χ1n) is 6.66. The van der Waals surface area contributed by atoms with Gasteiger partial charge in [-0.15, -0.1) is 0 Å². The lowest BCUT2D eigenvalue weighted by molar-refractivity contribution is -0.142. The SMILES string of the molecule is C=C1C(=O)O[C@@H]2C[C@]3(C)C[C@@H](O)CC(=C)[C@@H]3C[C@@H]12. The van der Waals surface area contributed by atoms with Crippen molar-refractivity contribution < 1.29 is 14.6 Å². The summed E-state index contributed by atoms with van der Waals surface area (Å²) in [5.74, 6) is 0.300. The molecule has 0 unspecified atom stereocenters. The van der Waals surface area contributed by atoms with Crippen molar-refractivity contribution in [3.05, 3.63) is 24.3 Å². The smallest absolute Gasteiger partial charge is 0.334 e. The topological polar surface area (TPSA) is 46.5 Å². The molecule has 2 saturated carbocycles. The largest absolute Gasteiger partial charge is 0.458 e. The molecule has 1 aliphatic heterocycles. The van der Waals surface area contributed by atoms with Gasteiger partial charge in [-0.1, -0.05) is 25.7 Å². The van der Waals surface area contributed by atoms with Crippen LogP contribution in [-0.2, 0) is 9.53 Å². The minimum absolute atomic E-state index is 0.0147. The Bertz CT molecular complexity index is 439. The van der Waals surface area contributed by atoms with Crippen LogP contribution in [0.1, 0.15) is 32.6 Å². The van der Waals surface area contributed by atoms with Crippen LogP contribution < -0.4 is 0 Å². The van der Waals surface area contributed by atoms with Crippen molar-refractivity contribution in [3.8, 4) is 0 Å². The lowest BCUT2D eigenvalue weighted by atomic mass is 9.55. The Morgan fingerprint density at radius 3 is 2.83 bits per heavy atom. The fraction of sp³-hybridized carbons (Fsp3) is 0.667. The van der Waals surface area contributed by atoms with E-state index in [-0.39, 0.29) is 29.5 Å². The van der Waals surface area contributed by atoms with Gasteiger partial charge in [0.2, 0.25) is 0 Å². The van der Waals surface area contributed by atoms with E-state index < -0.39 is 0 Å². The molecule has 3 rings (SSSR count). The van der Waals surface area contributed by atoms with Crippen molar-refractivity contribution in [2.75, 3.05) is 0 Å². The molecule has 5 atom stereocenters. The van der Waals surface area contributed by atoms with Crippen molar-refractivity contribution in [1.29, 1.82) is 0 Å². The molecule has 0 aromatic rings. The second-order valence-corrected chi connectivity index (χ2v) is 6.44. The first-order chi connectivity index (χ1) is 8.40. The van der Waals surface area contributed by atoms with Gasteiger partial charge in [-0.2, -0.15) is 0 Å². The number of fused-ring (bicyclic) bond motifs is 2. The number of aliphatic hydroxyl groups excluding tert-OH is 1. The summed E-state index contributed by atoms with van der Waals surface area (Å²) in [7, 11) is 0. The highest BCUT2D eigenvalue weighted by Gasteiger charge is 2.53. The van der Waals surface area contributed by atoms with Gasteiger partial charge in [0.05, 0.1) is 6.10 Å². The average molecular weight is 248 g/mol. The Kier molecular flexibility index (Phi) is 2.46. The van der Waals surface area contributed by atoms with Crippen LogP contribution >= 0.6 is 0 Å². The van der Waals surface area contributed by atoms with E-state index in [0.717, 1.165) is 24.8 Å². The summed E-state index contributed by atoms with van der Waals surface area (Å²) in [6.07, 6.45) is 2.86. The monoisotopic (exact) mass is 248 g/mol. The van der Waals surface area contributed by atoms with Gasteiger partial charge in [0.25, 0.3) is 0 Å². The lowest BCUT2D eigenvalue weighted by Crippen LogP contribution is -2.46. The number of hydrogen-bond acceptors (Lipinski definition) is 3. The molecule has 98 valence electrons. The van der Waals surface area contributed by atoms with Crippen LogP contribution in [0.5, 0.6) is 0 Å². The number of carbonyl (C=O) groups is 1. The molecule has 3 fully saturated rings. The van der Waals surface area contributed by atoms with E-state index in [2.05, 4.69) is 20.1 Å². The second-order valence-electron chi connectivity index (χ2n) is 6.44. The fourth-order valence-corrected chi connectivity index (χ4v) is 4.23. The number of esters is 1. The molecule has 18 heavy (non-hydrogen) atoms. The number of aliphatic hydroxyl groups is 1. The van der Waals surface area contributed by atoms with Crippen LogP contribution in [-0.4, -0.2) is 23.3 Å². The van der Waals surface area contributed by atoms with Crippen LogP contribution in [0.2, 0.25) is 0 Å². The third-order valence-electron chi connectivity index (χ3n) is 5.11. The highest BCUT2D eigenvalue weighted by Crippen LogP contribution is 2.56. The predicted octanol–water partition coefficient (Wildman–Crippen LogP) is 2.21. The predicted molar refractivity (Wildman–Crippen MR) is 67.7 cm³/mol. The van der Waals surface area contributed by atoms with Crippen LogP contribution in [0, 0.1) is 17.3 Å². The summed E-state index contributed by atoms with van der Waals surface area (Å²) in [5, 5.41) is 9.94. The van der Waals surface area contributed by atoms with Crippen LogP contribution in [0.3, 0.4) is 0 Å². The highest BCUT2D eigenvalue weighted by atomic mass is 16.6. The molecule has 1 saturated heterocycles. The molecule has 1 heterocycles. The quantitative estimate of drug-likeness (QED) is 0.406. The summed E-state index contributed by atoms with van der Waals surface area (Å²) in [5.41, 5.74) is 1.77. The molecular formula is C15H20O3. The molecule has 0 radical (unpaired) electrons. The Balaban J connectivity index is 1.91. The zero-order valence-corrected chi connectivity index (χ0v) is 10.8. The van der Waals surface area contributed by atoms with E-state index in [1.165, 1.54) is 0 Å². The lowest BCUT2D eigenvalue weighted by Gasteiger charge is -2.50. The standard InChI is InChI=1S/C15H20O3/c1-8-4-10(16)6-15(3)7-13-11(5-12(8)15)9(2)14(17)18-13/h10-13,16H,1-2,4-7H2,3H3/t10-,11-,12-,13+,15-/m0/s1. The maximum absolute atomic E-state index is 11.6. The van der Waals surface area contributed by atoms with Gasteiger partial charge in [0, 0.05) is 11.5 Å². The molecule has 0 bridgehead atoms.